The molecule has 1 aliphatic heterocycles. The summed E-state index contributed by atoms with van der Waals surface area (Å²) in [6.07, 6.45) is 1.47. The third-order valence-corrected chi connectivity index (χ3v) is 3.73. The number of carbonyl (C=O) groups is 1. The van der Waals surface area contributed by atoms with Gasteiger partial charge in [0.1, 0.15) is 11.6 Å². The maximum atomic E-state index is 12.5. The largest absolute Gasteiger partial charge is 0.323 e. The van der Waals surface area contributed by atoms with Gasteiger partial charge in [-0.2, -0.15) is 0 Å². The number of H-pyrrole nitrogens is 1. The van der Waals surface area contributed by atoms with Gasteiger partial charge >= 0.3 is 0 Å². The lowest BCUT2D eigenvalue weighted by Gasteiger charge is -2.10. The molecule has 0 bridgehead atoms. The Morgan fingerprint density at radius 2 is 1.74 bits per heavy atom. The molecule has 0 saturated heterocycles. The van der Waals surface area contributed by atoms with Crippen LogP contribution in [-0.4, -0.2) is 22.1 Å². The Morgan fingerprint density at radius 1 is 0.957 bits per heavy atom. The molecule has 2 N–H and O–H groups in total. The van der Waals surface area contributed by atoms with E-state index in [2.05, 4.69) is 20.3 Å². The summed E-state index contributed by atoms with van der Waals surface area (Å²) in [5, 5.41) is 2.79. The average molecular weight is 304 g/mol. The van der Waals surface area contributed by atoms with E-state index in [1.807, 2.05) is 24.3 Å². The maximum absolute atomic E-state index is 12.5. The van der Waals surface area contributed by atoms with Crippen LogP contribution in [0.5, 0.6) is 0 Å². The lowest BCUT2D eigenvalue weighted by atomic mass is 10.1. The highest BCUT2D eigenvalue weighted by Gasteiger charge is 2.26. The standard InChI is InChI=1S/C17H12N4O2/c22-16-10(9-18-11-5-1-2-6-12(11)20-16)15-17(23)21-14-8-4-3-7-13(14)19-15/h1-10H,(H,20,22)(H,21,23). The van der Waals surface area contributed by atoms with Crippen molar-refractivity contribution in [3.05, 3.63) is 64.6 Å². The van der Waals surface area contributed by atoms with Crippen molar-refractivity contribution < 1.29 is 4.79 Å². The van der Waals surface area contributed by atoms with Crippen LogP contribution < -0.4 is 10.9 Å². The minimum Gasteiger partial charge on any atom is -0.323 e. The van der Waals surface area contributed by atoms with E-state index in [1.165, 1.54) is 6.21 Å². The lowest BCUT2D eigenvalue weighted by molar-refractivity contribution is -0.116. The highest BCUT2D eigenvalue weighted by Crippen LogP contribution is 2.28. The molecule has 0 fully saturated rings. The highest BCUT2D eigenvalue weighted by atomic mass is 16.2. The molecule has 2 heterocycles. The van der Waals surface area contributed by atoms with E-state index >= 15 is 0 Å². The Hall–Kier alpha value is -3.28. The van der Waals surface area contributed by atoms with Gasteiger partial charge in [-0.05, 0) is 24.3 Å². The van der Waals surface area contributed by atoms with Crippen LogP contribution in [0.3, 0.4) is 0 Å². The van der Waals surface area contributed by atoms with Crippen LogP contribution in [0.1, 0.15) is 11.6 Å². The Balaban J connectivity index is 1.84. The number of fused-ring (bicyclic) bond motifs is 2. The van der Waals surface area contributed by atoms with Crippen LogP contribution in [0, 0.1) is 0 Å². The van der Waals surface area contributed by atoms with Crippen molar-refractivity contribution in [2.24, 2.45) is 4.99 Å². The molecule has 0 saturated carbocycles. The first kappa shape index (κ1) is 13.4. The van der Waals surface area contributed by atoms with E-state index in [0.717, 1.165) is 0 Å². The van der Waals surface area contributed by atoms with Crippen LogP contribution in [0.25, 0.3) is 11.0 Å². The normalized spacial score (nSPS) is 16.7. The van der Waals surface area contributed by atoms with Crippen LogP contribution in [0.2, 0.25) is 0 Å². The zero-order chi connectivity index (χ0) is 15.8. The van der Waals surface area contributed by atoms with E-state index < -0.39 is 5.92 Å². The predicted molar refractivity (Wildman–Crippen MR) is 88.3 cm³/mol. The highest BCUT2D eigenvalue weighted by molar-refractivity contribution is 6.09. The average Bonchev–Trinajstić information content (AvgIpc) is 2.72. The van der Waals surface area contributed by atoms with Gasteiger partial charge in [0.25, 0.3) is 5.56 Å². The molecule has 6 heteroatoms. The van der Waals surface area contributed by atoms with Gasteiger partial charge in [-0.15, -0.1) is 0 Å². The SMILES string of the molecule is O=C1Nc2ccccc2N=CC1c1nc2ccccc2[nH]c1=O. The van der Waals surface area contributed by atoms with Crippen LogP contribution >= 0.6 is 0 Å². The first-order valence-electron chi connectivity index (χ1n) is 7.15. The first-order valence-corrected chi connectivity index (χ1v) is 7.15. The van der Waals surface area contributed by atoms with Gasteiger partial charge in [-0.3, -0.25) is 14.6 Å². The topological polar surface area (TPSA) is 87.2 Å². The minimum absolute atomic E-state index is 0.137. The van der Waals surface area contributed by atoms with Gasteiger partial charge in [0.05, 0.1) is 22.4 Å². The molecule has 1 aliphatic rings. The quantitative estimate of drug-likeness (QED) is 0.723. The Bertz CT molecular complexity index is 1010. The fourth-order valence-corrected chi connectivity index (χ4v) is 2.57. The van der Waals surface area contributed by atoms with E-state index in [9.17, 15) is 9.59 Å². The third kappa shape index (κ3) is 2.30. The van der Waals surface area contributed by atoms with Gasteiger partial charge in [-0.25, -0.2) is 4.98 Å². The summed E-state index contributed by atoms with van der Waals surface area (Å²) in [5.41, 5.74) is 2.29. The van der Waals surface area contributed by atoms with E-state index in [4.69, 9.17) is 0 Å². The number of benzene rings is 2. The fourth-order valence-electron chi connectivity index (χ4n) is 2.57. The van der Waals surface area contributed by atoms with E-state index in [0.29, 0.717) is 22.4 Å². The van der Waals surface area contributed by atoms with Crippen molar-refractivity contribution in [2.75, 3.05) is 5.32 Å². The number of nitrogens with zero attached hydrogens (tertiary/aromatic N) is 2. The van der Waals surface area contributed by atoms with Crippen molar-refractivity contribution in [1.82, 2.24) is 9.97 Å². The molecule has 2 aromatic carbocycles. The number of rotatable bonds is 1. The summed E-state index contributed by atoms with van der Waals surface area (Å²) in [6.45, 7) is 0. The minimum atomic E-state index is -0.837. The second kappa shape index (κ2) is 5.17. The monoisotopic (exact) mass is 304 g/mol. The summed E-state index contributed by atoms with van der Waals surface area (Å²) in [7, 11) is 0. The summed E-state index contributed by atoms with van der Waals surface area (Å²) >= 11 is 0. The molecule has 1 amide bonds. The number of hydrogen-bond donors (Lipinski definition) is 2. The number of nitrogens with one attached hydrogen (secondary N) is 2. The number of anilines is 1. The predicted octanol–water partition coefficient (Wildman–Crippen LogP) is 2.36. The number of para-hydroxylation sites is 4. The molecule has 23 heavy (non-hydrogen) atoms. The number of aromatic nitrogens is 2. The molecule has 112 valence electrons. The number of amides is 1. The summed E-state index contributed by atoms with van der Waals surface area (Å²) < 4.78 is 0. The fraction of sp³-hybridized carbons (Fsp3) is 0.0588. The van der Waals surface area contributed by atoms with E-state index in [1.54, 1.807) is 24.3 Å². The Kier molecular flexibility index (Phi) is 3.01. The zero-order valence-electron chi connectivity index (χ0n) is 12.0. The third-order valence-electron chi connectivity index (χ3n) is 3.73. The number of carbonyl (C=O) groups excluding carboxylic acids is 1. The summed E-state index contributed by atoms with van der Waals surface area (Å²) in [6, 6.07) is 14.4. The van der Waals surface area contributed by atoms with Crippen LogP contribution in [0.4, 0.5) is 11.4 Å². The molecule has 3 aromatic rings. The molecule has 1 atom stereocenters. The molecule has 6 nitrogen and oxygen atoms in total. The lowest BCUT2D eigenvalue weighted by Crippen LogP contribution is -2.28. The molecule has 0 spiro atoms. The van der Waals surface area contributed by atoms with Gasteiger partial charge < -0.3 is 10.3 Å². The number of aliphatic imine (C=N–C) groups is 1. The van der Waals surface area contributed by atoms with Crippen molar-refractivity contribution in [3.8, 4) is 0 Å². The zero-order valence-corrected chi connectivity index (χ0v) is 12.0. The first-order chi connectivity index (χ1) is 11.2. The number of hydrogen-bond acceptors (Lipinski definition) is 4. The molecule has 4 rings (SSSR count). The van der Waals surface area contributed by atoms with Crippen molar-refractivity contribution in [2.45, 2.75) is 5.92 Å². The molecule has 0 aliphatic carbocycles. The van der Waals surface area contributed by atoms with Crippen molar-refractivity contribution in [1.29, 1.82) is 0 Å². The Labute approximate surface area is 130 Å². The maximum Gasteiger partial charge on any atom is 0.271 e. The van der Waals surface area contributed by atoms with Crippen LogP contribution in [-0.2, 0) is 4.79 Å². The molecule has 1 aromatic heterocycles. The molecule has 1 unspecified atom stereocenters. The van der Waals surface area contributed by atoms with Crippen molar-refractivity contribution >= 4 is 34.5 Å². The second-order valence-electron chi connectivity index (χ2n) is 5.23. The number of aromatic amines is 1. The smallest absolute Gasteiger partial charge is 0.271 e. The molecule has 0 radical (unpaired) electrons. The van der Waals surface area contributed by atoms with E-state index in [-0.39, 0.29) is 17.2 Å². The van der Waals surface area contributed by atoms with Crippen LogP contribution in [0.15, 0.2) is 58.3 Å². The van der Waals surface area contributed by atoms with Gasteiger partial charge in [0.2, 0.25) is 5.91 Å². The molecular formula is C17H12N4O2. The van der Waals surface area contributed by atoms with Gasteiger partial charge in [-0.1, -0.05) is 24.3 Å². The van der Waals surface area contributed by atoms with Gasteiger partial charge in [0, 0.05) is 6.21 Å². The van der Waals surface area contributed by atoms with Crippen molar-refractivity contribution in [3.63, 3.8) is 0 Å². The van der Waals surface area contributed by atoms with Gasteiger partial charge in [0.15, 0.2) is 0 Å². The second-order valence-corrected chi connectivity index (χ2v) is 5.23. The summed E-state index contributed by atoms with van der Waals surface area (Å²) in [4.78, 5) is 36.2. The summed E-state index contributed by atoms with van der Waals surface area (Å²) in [5.74, 6) is -1.16. The molecular weight excluding hydrogens is 292 g/mol. The Morgan fingerprint density at radius 3 is 2.65 bits per heavy atom.